The largest absolute Gasteiger partial charge is 0.476 e. The van der Waals surface area contributed by atoms with Crippen LogP contribution >= 0.6 is 35.0 Å². The van der Waals surface area contributed by atoms with Crippen LogP contribution in [0.5, 0.6) is 0 Å². The van der Waals surface area contributed by atoms with Crippen LogP contribution in [0.1, 0.15) is 10.5 Å². The Bertz CT molecular complexity index is 892. The van der Waals surface area contributed by atoms with Crippen LogP contribution in [0.25, 0.3) is 11.4 Å². The van der Waals surface area contributed by atoms with Crippen molar-refractivity contribution in [1.82, 2.24) is 20.4 Å². The number of halogens is 2. The number of hydrogen-bond donors (Lipinski definition) is 3. The molecule has 1 aromatic carbocycles. The Morgan fingerprint density at radius 3 is 2.78 bits per heavy atom. The zero-order chi connectivity index (χ0) is 16.6. The van der Waals surface area contributed by atoms with E-state index in [1.165, 1.54) is 11.8 Å². The van der Waals surface area contributed by atoms with Crippen molar-refractivity contribution in [2.45, 2.75) is 10.1 Å². The number of nitrogens with zero attached hydrogens (tertiary/aromatic N) is 3. The predicted octanol–water partition coefficient (Wildman–Crippen LogP) is 2.78. The van der Waals surface area contributed by atoms with E-state index in [1.807, 2.05) is 17.7 Å². The van der Waals surface area contributed by atoms with Crippen LogP contribution in [0.4, 0.5) is 0 Å². The summed E-state index contributed by atoms with van der Waals surface area (Å²) in [6.45, 7) is 0. The Morgan fingerprint density at radius 1 is 1.30 bits per heavy atom. The fourth-order valence-corrected chi connectivity index (χ4v) is 3.14. The van der Waals surface area contributed by atoms with E-state index in [9.17, 15) is 4.79 Å². The monoisotopic (exact) mass is 370 g/mol. The minimum absolute atomic E-state index is 0.118. The van der Waals surface area contributed by atoms with Crippen LogP contribution in [-0.2, 0) is 7.05 Å². The second-order valence-corrected chi connectivity index (χ2v) is 6.37. The van der Waals surface area contributed by atoms with E-state index in [-0.39, 0.29) is 10.7 Å². The van der Waals surface area contributed by atoms with Gasteiger partial charge in [-0.1, -0.05) is 23.2 Å². The Morgan fingerprint density at radius 2 is 2.09 bits per heavy atom. The highest BCUT2D eigenvalue weighted by molar-refractivity contribution is 7.99. The molecule has 0 radical (unpaired) electrons. The number of aromatic nitrogens is 5. The molecule has 7 nitrogen and oxygen atoms in total. The third kappa shape index (κ3) is 3.05. The minimum atomic E-state index is -1.14. The highest BCUT2D eigenvalue weighted by Gasteiger charge is 2.23. The molecule has 0 aliphatic heterocycles. The molecule has 3 N–H and O–H groups in total. The van der Waals surface area contributed by atoms with Crippen LogP contribution < -0.4 is 4.57 Å². The smallest absolute Gasteiger partial charge is 0.359 e. The molecule has 0 saturated heterocycles. The molecule has 0 bridgehead atoms. The molecule has 0 amide bonds. The van der Waals surface area contributed by atoms with E-state index < -0.39 is 5.97 Å². The molecule has 0 saturated carbocycles. The Balaban J connectivity index is 1.94. The molecular formula is C13H10Cl2N5O2S+. The number of rotatable bonds is 4. The highest BCUT2D eigenvalue weighted by atomic mass is 35.5. The first-order chi connectivity index (χ1) is 11.0. The molecule has 10 heteroatoms. The molecule has 0 fully saturated rings. The number of carbonyl (C=O) groups is 1. The number of H-pyrrole nitrogens is 2. The third-order valence-corrected chi connectivity index (χ3v) is 4.93. The number of benzene rings is 1. The molecule has 0 aliphatic carbocycles. The molecule has 0 unspecified atom stereocenters. The van der Waals surface area contributed by atoms with E-state index >= 15 is 0 Å². The van der Waals surface area contributed by atoms with Gasteiger partial charge in [0.15, 0.2) is 5.03 Å². The van der Waals surface area contributed by atoms with E-state index in [0.717, 1.165) is 16.4 Å². The normalized spacial score (nSPS) is 10.9. The number of aromatic amines is 2. The number of aromatic carboxylic acids is 1. The van der Waals surface area contributed by atoms with E-state index in [4.69, 9.17) is 28.3 Å². The first kappa shape index (κ1) is 15.9. The highest BCUT2D eigenvalue weighted by Crippen LogP contribution is 2.29. The molecule has 0 aliphatic rings. The van der Waals surface area contributed by atoms with Gasteiger partial charge in [-0.25, -0.2) is 14.3 Å². The first-order valence-electron chi connectivity index (χ1n) is 6.32. The van der Waals surface area contributed by atoms with Crippen LogP contribution in [0.15, 0.2) is 34.4 Å². The SMILES string of the molecule is C[n+]1c(Sc2n[nH]nc2C(=O)O)c[nH]c1-c1ccc(Cl)c(Cl)c1. The second kappa shape index (κ2) is 6.23. The average Bonchev–Trinajstić information content (AvgIpc) is 3.11. The zero-order valence-corrected chi connectivity index (χ0v) is 14.0. The molecule has 0 atom stereocenters. The van der Waals surface area contributed by atoms with Gasteiger partial charge >= 0.3 is 5.97 Å². The fraction of sp³-hybridized carbons (Fsp3) is 0.0769. The van der Waals surface area contributed by atoms with Gasteiger partial charge < -0.3 is 5.11 Å². The molecular weight excluding hydrogens is 361 g/mol. The van der Waals surface area contributed by atoms with Gasteiger partial charge in [-0.2, -0.15) is 5.21 Å². The lowest BCUT2D eigenvalue weighted by Gasteiger charge is -2.00. The minimum Gasteiger partial charge on any atom is -0.476 e. The zero-order valence-electron chi connectivity index (χ0n) is 11.7. The summed E-state index contributed by atoms with van der Waals surface area (Å²) >= 11 is 13.2. The number of nitrogens with one attached hydrogen (secondary N) is 2. The second-order valence-electron chi connectivity index (χ2n) is 4.55. The van der Waals surface area contributed by atoms with E-state index in [2.05, 4.69) is 20.4 Å². The third-order valence-electron chi connectivity index (χ3n) is 3.11. The number of hydrogen-bond acceptors (Lipinski definition) is 4. The summed E-state index contributed by atoms with van der Waals surface area (Å²) in [5.41, 5.74) is 0.736. The molecule has 3 aromatic rings. The molecule has 118 valence electrons. The van der Waals surface area contributed by atoms with Crippen molar-refractivity contribution in [3.8, 4) is 11.4 Å². The van der Waals surface area contributed by atoms with Crippen molar-refractivity contribution in [3.05, 3.63) is 40.1 Å². The quantitative estimate of drug-likeness (QED) is 0.613. The number of carboxylic acids is 1. The topological polar surface area (TPSA) is 98.5 Å². The summed E-state index contributed by atoms with van der Waals surface area (Å²) in [5.74, 6) is -0.337. The Kier molecular flexibility index (Phi) is 4.29. The van der Waals surface area contributed by atoms with Gasteiger partial charge in [0, 0.05) is 0 Å². The van der Waals surface area contributed by atoms with Crippen LogP contribution in [0, 0.1) is 0 Å². The summed E-state index contributed by atoms with van der Waals surface area (Å²) in [7, 11) is 1.84. The van der Waals surface area contributed by atoms with Crippen molar-refractivity contribution >= 4 is 40.9 Å². The Labute approximate surface area is 144 Å². The van der Waals surface area contributed by atoms with Gasteiger partial charge in [-0.3, -0.25) is 0 Å². The summed E-state index contributed by atoms with van der Waals surface area (Å²) in [6, 6.07) is 5.31. The predicted molar refractivity (Wildman–Crippen MR) is 84.9 cm³/mol. The van der Waals surface area contributed by atoms with Crippen LogP contribution in [0.2, 0.25) is 10.0 Å². The molecule has 2 aromatic heterocycles. The molecule has 0 spiro atoms. The van der Waals surface area contributed by atoms with Gasteiger partial charge in [0.05, 0.1) is 22.7 Å². The maximum Gasteiger partial charge on any atom is 0.359 e. The average molecular weight is 371 g/mol. The molecule has 2 heterocycles. The maximum absolute atomic E-state index is 11.1. The van der Waals surface area contributed by atoms with Crippen molar-refractivity contribution in [3.63, 3.8) is 0 Å². The summed E-state index contributed by atoms with van der Waals surface area (Å²) in [5, 5.41) is 20.9. The summed E-state index contributed by atoms with van der Waals surface area (Å²) in [4.78, 5) is 14.2. The lowest BCUT2D eigenvalue weighted by molar-refractivity contribution is -0.695. The molecule has 23 heavy (non-hydrogen) atoms. The summed E-state index contributed by atoms with van der Waals surface area (Å²) in [6.07, 6.45) is 1.75. The van der Waals surface area contributed by atoms with Crippen molar-refractivity contribution in [2.75, 3.05) is 0 Å². The van der Waals surface area contributed by atoms with Crippen LogP contribution in [0.3, 0.4) is 0 Å². The van der Waals surface area contributed by atoms with Crippen LogP contribution in [-0.4, -0.2) is 31.5 Å². The van der Waals surface area contributed by atoms with Crippen molar-refractivity contribution < 1.29 is 14.5 Å². The maximum atomic E-state index is 11.1. The summed E-state index contributed by atoms with van der Waals surface area (Å²) < 4.78 is 1.87. The number of carboxylic acid groups (broad SMARTS) is 1. The van der Waals surface area contributed by atoms with Gasteiger partial charge in [0.2, 0.25) is 10.7 Å². The lowest BCUT2D eigenvalue weighted by atomic mass is 10.2. The first-order valence-corrected chi connectivity index (χ1v) is 7.89. The van der Waals surface area contributed by atoms with Gasteiger partial charge in [-0.15, -0.1) is 10.2 Å². The van der Waals surface area contributed by atoms with Crippen molar-refractivity contribution in [2.24, 2.45) is 7.05 Å². The standard InChI is InChI=1S/C13H9Cl2N5O2S/c1-20-9(23-12-10(13(21)22)17-19-18-12)5-16-11(20)6-2-3-7(14)8(15)4-6/h2-5H,1H3,(H2,17,18,19,21,22)/p+1. The van der Waals surface area contributed by atoms with Gasteiger partial charge in [-0.05, 0) is 30.0 Å². The lowest BCUT2D eigenvalue weighted by Crippen LogP contribution is -2.30. The fourth-order valence-electron chi connectivity index (χ4n) is 1.98. The number of imidazole rings is 1. The molecule has 3 rings (SSSR count). The van der Waals surface area contributed by atoms with Crippen molar-refractivity contribution in [1.29, 1.82) is 0 Å². The van der Waals surface area contributed by atoms with E-state index in [0.29, 0.717) is 10.0 Å². The Hall–Kier alpha value is -2.03. The van der Waals surface area contributed by atoms with Gasteiger partial charge in [0.1, 0.15) is 6.20 Å². The van der Waals surface area contributed by atoms with Gasteiger partial charge in [0.25, 0.3) is 5.82 Å². The van der Waals surface area contributed by atoms with E-state index in [1.54, 1.807) is 18.3 Å².